The molecule has 6 nitrogen and oxygen atoms in total. The third kappa shape index (κ3) is 6.55. The predicted molar refractivity (Wildman–Crippen MR) is 122 cm³/mol. The number of carbonyl (C=O) groups is 2. The number of aliphatic carboxylic acids is 1. The first-order valence-electron chi connectivity index (χ1n) is 10.6. The summed E-state index contributed by atoms with van der Waals surface area (Å²) in [5.74, 6) is -0.474. The van der Waals surface area contributed by atoms with Gasteiger partial charge in [0.15, 0.2) is 0 Å². The van der Waals surface area contributed by atoms with Crippen LogP contribution in [0.1, 0.15) is 34.8 Å². The number of hydrogen-bond acceptors (Lipinski definition) is 4. The number of carboxylic acid groups (broad SMARTS) is 1. The van der Waals surface area contributed by atoms with Gasteiger partial charge in [0.2, 0.25) is 0 Å². The van der Waals surface area contributed by atoms with E-state index in [1.807, 2.05) is 19.1 Å². The highest BCUT2D eigenvalue weighted by Gasteiger charge is 2.18. The summed E-state index contributed by atoms with van der Waals surface area (Å²) >= 11 is 0. The third-order valence-electron chi connectivity index (χ3n) is 5.26. The van der Waals surface area contributed by atoms with Crippen molar-refractivity contribution >= 4 is 11.9 Å². The minimum atomic E-state index is -0.855. The number of ether oxygens (including phenoxy) is 2. The van der Waals surface area contributed by atoms with Gasteiger partial charge in [-0.05, 0) is 72.5 Å². The zero-order valence-corrected chi connectivity index (χ0v) is 18.5. The number of benzene rings is 3. The number of hydrogen-bond donors (Lipinski definition) is 2. The molecule has 1 amide bonds. The van der Waals surface area contributed by atoms with Gasteiger partial charge < -0.3 is 19.9 Å². The van der Waals surface area contributed by atoms with Gasteiger partial charge in [0, 0.05) is 6.54 Å². The van der Waals surface area contributed by atoms with E-state index < -0.39 is 11.9 Å². The predicted octanol–water partition coefficient (Wildman–Crippen LogP) is 5.21. The Morgan fingerprint density at radius 3 is 2.15 bits per heavy atom. The van der Waals surface area contributed by atoms with Gasteiger partial charge in [-0.1, -0.05) is 25.1 Å². The first-order chi connectivity index (χ1) is 15.9. The van der Waals surface area contributed by atoms with Crippen LogP contribution in [0.25, 0.3) is 0 Å². The van der Waals surface area contributed by atoms with Crippen molar-refractivity contribution in [1.82, 2.24) is 5.32 Å². The molecule has 33 heavy (non-hydrogen) atoms. The Hall–Kier alpha value is -3.87. The van der Waals surface area contributed by atoms with Crippen LogP contribution in [-0.2, 0) is 17.8 Å². The Morgan fingerprint density at radius 2 is 1.58 bits per heavy atom. The van der Waals surface area contributed by atoms with E-state index in [-0.39, 0.29) is 18.3 Å². The maximum atomic E-state index is 13.0. The molecule has 0 aliphatic rings. The fourth-order valence-corrected chi connectivity index (χ4v) is 3.34. The maximum Gasteiger partial charge on any atom is 0.306 e. The molecule has 0 aliphatic heterocycles. The quantitative estimate of drug-likeness (QED) is 0.442. The van der Waals surface area contributed by atoms with Gasteiger partial charge in [0.1, 0.15) is 23.1 Å². The topological polar surface area (TPSA) is 84.9 Å². The number of methoxy groups -OCH3 is 1. The average molecular weight is 451 g/mol. The molecule has 172 valence electrons. The summed E-state index contributed by atoms with van der Waals surface area (Å²) in [6.45, 7) is 2.11. The Bertz CT molecular complexity index is 1100. The largest absolute Gasteiger partial charge is 0.496 e. The summed E-state index contributed by atoms with van der Waals surface area (Å²) in [6, 6.07) is 18.1. The van der Waals surface area contributed by atoms with Gasteiger partial charge in [-0.3, -0.25) is 9.59 Å². The van der Waals surface area contributed by atoms with Gasteiger partial charge in [-0.25, -0.2) is 4.39 Å². The van der Waals surface area contributed by atoms with E-state index in [0.29, 0.717) is 35.7 Å². The van der Waals surface area contributed by atoms with Crippen molar-refractivity contribution in [3.05, 3.63) is 89.2 Å². The van der Waals surface area contributed by atoms with Crippen molar-refractivity contribution in [1.29, 1.82) is 0 Å². The van der Waals surface area contributed by atoms with Crippen LogP contribution in [0.2, 0.25) is 0 Å². The zero-order valence-electron chi connectivity index (χ0n) is 18.5. The number of halogens is 1. The molecule has 3 rings (SSSR count). The second-order valence-corrected chi connectivity index (χ2v) is 7.56. The lowest BCUT2D eigenvalue weighted by atomic mass is 9.95. The Labute approximate surface area is 192 Å². The third-order valence-corrected chi connectivity index (χ3v) is 5.26. The van der Waals surface area contributed by atoms with Crippen LogP contribution in [0, 0.1) is 11.7 Å². The molecule has 0 aliphatic carbocycles. The molecule has 3 aromatic carbocycles. The molecule has 0 unspecified atom stereocenters. The number of rotatable bonds is 10. The fraction of sp³-hybridized carbons (Fsp3) is 0.231. The van der Waals surface area contributed by atoms with E-state index in [4.69, 9.17) is 9.47 Å². The fourth-order valence-electron chi connectivity index (χ4n) is 3.34. The monoisotopic (exact) mass is 451 g/mol. The van der Waals surface area contributed by atoms with Crippen LogP contribution in [0.15, 0.2) is 66.7 Å². The highest BCUT2D eigenvalue weighted by molar-refractivity contribution is 5.97. The highest BCUT2D eigenvalue weighted by Crippen LogP contribution is 2.24. The summed E-state index contributed by atoms with van der Waals surface area (Å²) in [7, 11) is 1.48. The lowest BCUT2D eigenvalue weighted by Gasteiger charge is -2.14. The van der Waals surface area contributed by atoms with Crippen LogP contribution < -0.4 is 14.8 Å². The molecule has 0 radical (unpaired) electrons. The van der Waals surface area contributed by atoms with Crippen LogP contribution >= 0.6 is 0 Å². The summed E-state index contributed by atoms with van der Waals surface area (Å²) in [5.41, 5.74) is 1.98. The molecule has 3 aromatic rings. The van der Waals surface area contributed by atoms with Gasteiger partial charge >= 0.3 is 5.97 Å². The SMILES string of the molecule is CC[C@H](Cc1ccc(OC)c(C(=O)NCc2ccc(Oc3ccc(F)cc3)cc2)c1)C(=O)O. The van der Waals surface area contributed by atoms with Crippen molar-refractivity contribution < 1.29 is 28.6 Å². The lowest BCUT2D eigenvalue weighted by Crippen LogP contribution is -2.24. The molecule has 0 saturated carbocycles. The first-order valence-corrected chi connectivity index (χ1v) is 10.6. The maximum absolute atomic E-state index is 13.0. The van der Waals surface area contributed by atoms with Gasteiger partial charge in [0.05, 0.1) is 18.6 Å². The van der Waals surface area contributed by atoms with Gasteiger partial charge in [0.25, 0.3) is 5.91 Å². The molecule has 0 bridgehead atoms. The van der Waals surface area contributed by atoms with E-state index >= 15 is 0 Å². The molecule has 0 aromatic heterocycles. The summed E-state index contributed by atoms with van der Waals surface area (Å²) < 4.78 is 24.0. The lowest BCUT2D eigenvalue weighted by molar-refractivity contribution is -0.141. The van der Waals surface area contributed by atoms with Gasteiger partial charge in [-0.15, -0.1) is 0 Å². The van der Waals surface area contributed by atoms with Gasteiger partial charge in [-0.2, -0.15) is 0 Å². The van der Waals surface area contributed by atoms with Crippen molar-refractivity contribution in [3.8, 4) is 17.2 Å². The standard InChI is InChI=1S/C26H26FNO5/c1-3-19(26(30)31)14-18-6-13-24(32-2)23(15-18)25(29)28-16-17-4-9-21(10-5-17)33-22-11-7-20(27)8-12-22/h4-13,15,19H,3,14,16H2,1-2H3,(H,28,29)(H,30,31)/t19-/m1/s1. The van der Waals surface area contributed by atoms with E-state index in [1.54, 1.807) is 42.5 Å². The van der Waals surface area contributed by atoms with E-state index in [2.05, 4.69) is 5.32 Å². The summed E-state index contributed by atoms with van der Waals surface area (Å²) in [5, 5.41) is 12.2. The number of carboxylic acids is 1. The summed E-state index contributed by atoms with van der Waals surface area (Å²) in [6.07, 6.45) is 0.843. The zero-order chi connectivity index (χ0) is 23.8. The van der Waals surface area contributed by atoms with Crippen LogP contribution in [0.4, 0.5) is 4.39 Å². The van der Waals surface area contributed by atoms with Crippen molar-refractivity contribution in [2.75, 3.05) is 7.11 Å². The Morgan fingerprint density at radius 1 is 0.970 bits per heavy atom. The molecule has 0 spiro atoms. The minimum absolute atomic E-state index is 0.287. The Kier molecular flexibility index (Phi) is 8.02. The number of nitrogens with one attached hydrogen (secondary N) is 1. The van der Waals surface area contributed by atoms with Crippen molar-refractivity contribution in [2.45, 2.75) is 26.3 Å². The molecule has 1 atom stereocenters. The normalized spacial score (nSPS) is 11.5. The van der Waals surface area contributed by atoms with E-state index in [1.165, 1.54) is 19.2 Å². The second-order valence-electron chi connectivity index (χ2n) is 7.56. The molecule has 2 N–H and O–H groups in total. The van der Waals surface area contributed by atoms with Crippen molar-refractivity contribution in [2.24, 2.45) is 5.92 Å². The van der Waals surface area contributed by atoms with Crippen LogP contribution in [-0.4, -0.2) is 24.1 Å². The molecular formula is C26H26FNO5. The van der Waals surface area contributed by atoms with Crippen LogP contribution in [0.3, 0.4) is 0 Å². The molecule has 7 heteroatoms. The average Bonchev–Trinajstić information content (AvgIpc) is 2.83. The minimum Gasteiger partial charge on any atom is -0.496 e. The molecule has 0 heterocycles. The molecular weight excluding hydrogens is 425 g/mol. The smallest absolute Gasteiger partial charge is 0.306 e. The van der Waals surface area contributed by atoms with E-state index in [0.717, 1.165) is 11.1 Å². The Balaban J connectivity index is 1.64. The van der Waals surface area contributed by atoms with Crippen molar-refractivity contribution in [3.63, 3.8) is 0 Å². The molecule has 0 saturated heterocycles. The first kappa shape index (κ1) is 23.8. The summed E-state index contributed by atoms with van der Waals surface area (Å²) in [4.78, 5) is 24.2. The number of carbonyl (C=O) groups excluding carboxylic acids is 1. The molecule has 0 fully saturated rings. The number of amides is 1. The highest BCUT2D eigenvalue weighted by atomic mass is 19.1. The van der Waals surface area contributed by atoms with Crippen LogP contribution in [0.5, 0.6) is 17.2 Å². The second kappa shape index (κ2) is 11.1. The van der Waals surface area contributed by atoms with E-state index in [9.17, 15) is 19.1 Å².